The molecule has 0 spiro atoms. The van der Waals surface area contributed by atoms with E-state index in [0.29, 0.717) is 5.56 Å². The number of nitrogens with zero attached hydrogens (tertiary/aromatic N) is 1. The normalized spacial score (nSPS) is 11.5. The van der Waals surface area contributed by atoms with Crippen LogP contribution in [0.5, 0.6) is 0 Å². The number of benzene rings is 1. The summed E-state index contributed by atoms with van der Waals surface area (Å²) in [4.78, 5) is 0. The molecule has 0 aliphatic rings. The van der Waals surface area contributed by atoms with Gasteiger partial charge in [-0.25, -0.2) is 12.8 Å². The van der Waals surface area contributed by atoms with Crippen molar-refractivity contribution in [2.45, 2.75) is 19.6 Å². The van der Waals surface area contributed by atoms with Crippen molar-refractivity contribution < 1.29 is 12.8 Å². The highest BCUT2D eigenvalue weighted by Crippen LogP contribution is 2.13. The molecule has 1 aromatic rings. The quantitative estimate of drug-likeness (QED) is 0.829. The molecule has 17 heavy (non-hydrogen) atoms. The zero-order chi connectivity index (χ0) is 13.1. The van der Waals surface area contributed by atoms with Crippen molar-refractivity contribution in [3.63, 3.8) is 0 Å². The van der Waals surface area contributed by atoms with Gasteiger partial charge in [0.1, 0.15) is 5.82 Å². The SMILES string of the molecule is CC(C)CS(=O)(=O)Cc1cc(F)cc(C#N)c1. The smallest absolute Gasteiger partial charge is 0.154 e. The Labute approximate surface area is 101 Å². The van der Waals surface area contributed by atoms with Crippen LogP contribution in [-0.4, -0.2) is 14.2 Å². The fourth-order valence-electron chi connectivity index (χ4n) is 1.62. The van der Waals surface area contributed by atoms with E-state index in [0.717, 1.165) is 12.1 Å². The van der Waals surface area contributed by atoms with Gasteiger partial charge in [-0.1, -0.05) is 13.8 Å². The summed E-state index contributed by atoms with van der Waals surface area (Å²) in [5, 5.41) is 8.66. The first-order valence-electron chi connectivity index (χ1n) is 5.22. The lowest BCUT2D eigenvalue weighted by atomic mass is 10.1. The minimum Gasteiger partial charge on any atom is -0.228 e. The van der Waals surface area contributed by atoms with Gasteiger partial charge < -0.3 is 0 Å². The van der Waals surface area contributed by atoms with Crippen LogP contribution < -0.4 is 0 Å². The highest BCUT2D eigenvalue weighted by molar-refractivity contribution is 7.90. The molecule has 0 N–H and O–H groups in total. The van der Waals surface area contributed by atoms with Crippen molar-refractivity contribution in [2.24, 2.45) is 5.92 Å². The van der Waals surface area contributed by atoms with Gasteiger partial charge in [0.15, 0.2) is 9.84 Å². The molecule has 0 bridgehead atoms. The lowest BCUT2D eigenvalue weighted by Crippen LogP contribution is -2.14. The van der Waals surface area contributed by atoms with E-state index in [4.69, 9.17) is 5.26 Å². The van der Waals surface area contributed by atoms with Crippen LogP contribution >= 0.6 is 0 Å². The van der Waals surface area contributed by atoms with E-state index in [1.165, 1.54) is 6.07 Å². The van der Waals surface area contributed by atoms with Gasteiger partial charge in [0.05, 0.1) is 23.1 Å². The summed E-state index contributed by atoms with van der Waals surface area (Å²) in [6, 6.07) is 5.44. The maximum atomic E-state index is 13.1. The van der Waals surface area contributed by atoms with Crippen molar-refractivity contribution in [1.29, 1.82) is 5.26 Å². The van der Waals surface area contributed by atoms with Gasteiger partial charge in [0.25, 0.3) is 0 Å². The monoisotopic (exact) mass is 255 g/mol. The third-order valence-corrected chi connectivity index (χ3v) is 4.01. The summed E-state index contributed by atoms with van der Waals surface area (Å²) in [7, 11) is -3.25. The summed E-state index contributed by atoms with van der Waals surface area (Å²) in [5.41, 5.74) is 0.460. The molecule has 0 fully saturated rings. The molecular weight excluding hydrogens is 241 g/mol. The molecule has 3 nitrogen and oxygen atoms in total. The summed E-state index contributed by atoms with van der Waals surface area (Å²) < 4.78 is 36.5. The topological polar surface area (TPSA) is 57.9 Å². The van der Waals surface area contributed by atoms with Gasteiger partial charge in [-0.05, 0) is 29.7 Å². The second-order valence-electron chi connectivity index (χ2n) is 4.41. The van der Waals surface area contributed by atoms with Crippen LogP contribution in [0.1, 0.15) is 25.0 Å². The van der Waals surface area contributed by atoms with Crippen molar-refractivity contribution in [3.05, 3.63) is 35.1 Å². The first-order valence-corrected chi connectivity index (χ1v) is 7.04. The van der Waals surface area contributed by atoms with E-state index in [9.17, 15) is 12.8 Å². The van der Waals surface area contributed by atoms with Gasteiger partial charge in [0, 0.05) is 0 Å². The molecule has 1 rings (SSSR count). The standard InChI is InChI=1S/C12H14FNO2S/c1-9(2)7-17(15,16)8-11-3-10(6-14)4-12(13)5-11/h3-5,9H,7-8H2,1-2H3. The molecule has 0 atom stereocenters. The molecule has 0 aromatic heterocycles. The molecule has 0 unspecified atom stereocenters. The molecular formula is C12H14FNO2S. The Morgan fingerprint density at radius 2 is 2.00 bits per heavy atom. The van der Waals surface area contributed by atoms with Crippen LogP contribution in [0.25, 0.3) is 0 Å². The summed E-state index contributed by atoms with van der Waals surface area (Å²) in [6.07, 6.45) is 0. The molecule has 0 aliphatic heterocycles. The average Bonchev–Trinajstić information content (AvgIpc) is 2.13. The Morgan fingerprint density at radius 3 is 2.53 bits per heavy atom. The summed E-state index contributed by atoms with van der Waals surface area (Å²) in [5.74, 6) is -0.717. The Kier molecular flexibility index (Phi) is 4.24. The van der Waals surface area contributed by atoms with Crippen LogP contribution in [0, 0.1) is 23.1 Å². The van der Waals surface area contributed by atoms with Crippen molar-refractivity contribution in [2.75, 3.05) is 5.75 Å². The average molecular weight is 255 g/mol. The highest BCUT2D eigenvalue weighted by atomic mass is 32.2. The number of hydrogen-bond acceptors (Lipinski definition) is 3. The summed E-state index contributed by atoms with van der Waals surface area (Å²) in [6.45, 7) is 3.62. The molecule has 0 radical (unpaired) electrons. The fourth-order valence-corrected chi connectivity index (χ4v) is 3.43. The minimum absolute atomic E-state index is 0.0315. The fraction of sp³-hybridized carbons (Fsp3) is 0.417. The highest BCUT2D eigenvalue weighted by Gasteiger charge is 2.15. The second-order valence-corrected chi connectivity index (χ2v) is 6.52. The number of halogens is 1. The largest absolute Gasteiger partial charge is 0.228 e. The van der Waals surface area contributed by atoms with Crippen molar-refractivity contribution in [3.8, 4) is 6.07 Å². The second kappa shape index (κ2) is 5.28. The third-order valence-electron chi connectivity index (χ3n) is 2.06. The molecule has 5 heteroatoms. The Hall–Kier alpha value is -1.41. The van der Waals surface area contributed by atoms with Gasteiger partial charge >= 0.3 is 0 Å². The molecule has 0 amide bonds. The zero-order valence-electron chi connectivity index (χ0n) is 9.77. The zero-order valence-corrected chi connectivity index (χ0v) is 10.6. The third kappa shape index (κ3) is 4.53. The van der Waals surface area contributed by atoms with Gasteiger partial charge in [-0.2, -0.15) is 5.26 Å². The Bertz CT molecular complexity index is 544. The molecule has 1 aromatic carbocycles. The first-order chi connectivity index (χ1) is 7.82. The predicted molar refractivity (Wildman–Crippen MR) is 63.4 cm³/mol. The van der Waals surface area contributed by atoms with E-state index >= 15 is 0 Å². The lowest BCUT2D eigenvalue weighted by Gasteiger charge is -2.07. The number of hydrogen-bond donors (Lipinski definition) is 0. The summed E-state index contributed by atoms with van der Waals surface area (Å²) >= 11 is 0. The minimum atomic E-state index is -3.25. The number of rotatable bonds is 4. The molecule has 0 aliphatic carbocycles. The van der Waals surface area contributed by atoms with E-state index < -0.39 is 15.7 Å². The Morgan fingerprint density at radius 1 is 1.35 bits per heavy atom. The van der Waals surface area contributed by atoms with Crippen LogP contribution in [0.2, 0.25) is 0 Å². The maximum absolute atomic E-state index is 13.1. The van der Waals surface area contributed by atoms with Crippen molar-refractivity contribution >= 4 is 9.84 Å². The molecule has 0 saturated carbocycles. The Balaban J connectivity index is 2.96. The first kappa shape index (κ1) is 13.7. The number of nitriles is 1. The predicted octanol–water partition coefficient (Wildman–Crippen LogP) is 2.27. The lowest BCUT2D eigenvalue weighted by molar-refractivity contribution is 0.581. The van der Waals surface area contributed by atoms with Crippen LogP contribution in [0.3, 0.4) is 0 Å². The van der Waals surface area contributed by atoms with E-state index in [2.05, 4.69) is 0 Å². The maximum Gasteiger partial charge on any atom is 0.154 e. The van der Waals surface area contributed by atoms with E-state index in [1.807, 2.05) is 13.8 Å². The van der Waals surface area contributed by atoms with Crippen molar-refractivity contribution in [1.82, 2.24) is 0 Å². The number of sulfone groups is 1. The van der Waals surface area contributed by atoms with Crippen LogP contribution in [-0.2, 0) is 15.6 Å². The molecule has 0 heterocycles. The van der Waals surface area contributed by atoms with Crippen LogP contribution in [0.4, 0.5) is 4.39 Å². The molecule has 92 valence electrons. The van der Waals surface area contributed by atoms with Crippen LogP contribution in [0.15, 0.2) is 18.2 Å². The molecule has 0 saturated heterocycles. The van der Waals surface area contributed by atoms with Gasteiger partial charge in [-0.3, -0.25) is 0 Å². The van der Waals surface area contributed by atoms with Gasteiger partial charge in [0.2, 0.25) is 0 Å². The van der Waals surface area contributed by atoms with Gasteiger partial charge in [-0.15, -0.1) is 0 Å². The van der Waals surface area contributed by atoms with E-state index in [-0.39, 0.29) is 23.0 Å². The van der Waals surface area contributed by atoms with E-state index in [1.54, 1.807) is 6.07 Å².